The Bertz CT molecular complexity index is 665. The predicted molar refractivity (Wildman–Crippen MR) is 79.1 cm³/mol. The smallest absolute Gasteiger partial charge is 0.267 e. The number of carbonyl (C=O) groups is 2. The fraction of sp³-hybridized carbons (Fsp3) is 0.600. The number of primary amides is 1. The van der Waals surface area contributed by atoms with Gasteiger partial charge in [0, 0.05) is 18.5 Å². The molecule has 0 spiro atoms. The van der Waals surface area contributed by atoms with Gasteiger partial charge in [-0.15, -0.1) is 0 Å². The minimum Gasteiger partial charge on any atom is -0.368 e. The van der Waals surface area contributed by atoms with Crippen LogP contribution in [-0.2, 0) is 9.59 Å². The predicted octanol–water partition coefficient (Wildman–Crippen LogP) is 0.158. The SMILES string of the molecule is CC(C(=O)N1CCCC1C(N)=O)n1nc(C2CC2)ccc1=O. The number of nitrogens with two attached hydrogens (primary N) is 1. The third kappa shape index (κ3) is 2.63. The third-order valence-electron chi connectivity index (χ3n) is 4.43. The van der Waals surface area contributed by atoms with Crippen LogP contribution in [0.25, 0.3) is 0 Å². The van der Waals surface area contributed by atoms with Crippen molar-refractivity contribution in [1.29, 1.82) is 0 Å². The zero-order valence-corrected chi connectivity index (χ0v) is 12.6. The molecule has 2 aliphatic rings. The first-order chi connectivity index (χ1) is 10.5. The summed E-state index contributed by atoms with van der Waals surface area (Å²) in [6, 6.07) is 1.89. The van der Waals surface area contributed by atoms with Crippen LogP contribution < -0.4 is 11.3 Å². The Morgan fingerprint density at radius 2 is 2.05 bits per heavy atom. The summed E-state index contributed by atoms with van der Waals surface area (Å²) in [6.07, 6.45) is 3.47. The molecule has 2 amide bonds. The zero-order valence-electron chi connectivity index (χ0n) is 12.6. The van der Waals surface area contributed by atoms with Gasteiger partial charge in [0.15, 0.2) is 0 Å². The van der Waals surface area contributed by atoms with Crippen molar-refractivity contribution in [2.24, 2.45) is 5.73 Å². The van der Waals surface area contributed by atoms with Gasteiger partial charge in [0.1, 0.15) is 12.1 Å². The number of rotatable bonds is 4. The number of carbonyl (C=O) groups excluding carboxylic acids is 2. The van der Waals surface area contributed by atoms with E-state index in [0.717, 1.165) is 25.0 Å². The molecule has 2 unspecified atom stereocenters. The number of amides is 2. The molecule has 7 nitrogen and oxygen atoms in total. The Hall–Kier alpha value is -2.18. The molecule has 2 N–H and O–H groups in total. The van der Waals surface area contributed by atoms with Crippen LogP contribution in [-0.4, -0.2) is 39.1 Å². The molecule has 22 heavy (non-hydrogen) atoms. The maximum atomic E-state index is 12.6. The molecule has 1 aromatic rings. The molecule has 2 fully saturated rings. The second kappa shape index (κ2) is 5.55. The summed E-state index contributed by atoms with van der Waals surface area (Å²) in [6.45, 7) is 2.14. The van der Waals surface area contributed by atoms with Gasteiger partial charge in [-0.2, -0.15) is 5.10 Å². The van der Waals surface area contributed by atoms with Crippen molar-refractivity contribution in [3.8, 4) is 0 Å². The Labute approximate surface area is 128 Å². The van der Waals surface area contributed by atoms with E-state index in [0.29, 0.717) is 18.9 Å². The molecule has 1 aromatic heterocycles. The number of hydrogen-bond acceptors (Lipinski definition) is 4. The zero-order chi connectivity index (χ0) is 15.9. The largest absolute Gasteiger partial charge is 0.368 e. The topological polar surface area (TPSA) is 98.3 Å². The highest BCUT2D eigenvalue weighted by atomic mass is 16.2. The van der Waals surface area contributed by atoms with Crippen LogP contribution in [0.5, 0.6) is 0 Å². The molecule has 2 heterocycles. The van der Waals surface area contributed by atoms with E-state index >= 15 is 0 Å². The minimum absolute atomic E-state index is 0.274. The standard InChI is InChI=1S/C15H20N4O3/c1-9(15(22)18-8-2-3-12(18)14(16)21)19-13(20)7-6-11(17-19)10-4-5-10/h6-7,9-10,12H,2-5,8H2,1H3,(H2,16,21). The van der Waals surface area contributed by atoms with Gasteiger partial charge < -0.3 is 10.6 Å². The molecule has 1 saturated carbocycles. The highest BCUT2D eigenvalue weighted by Crippen LogP contribution is 2.38. The van der Waals surface area contributed by atoms with Crippen molar-refractivity contribution in [3.63, 3.8) is 0 Å². The summed E-state index contributed by atoms with van der Waals surface area (Å²) >= 11 is 0. The van der Waals surface area contributed by atoms with E-state index in [1.165, 1.54) is 15.6 Å². The molecule has 1 aliphatic heterocycles. The van der Waals surface area contributed by atoms with Gasteiger partial charge in [-0.05, 0) is 38.7 Å². The average molecular weight is 304 g/mol. The number of nitrogens with zero attached hydrogens (tertiary/aromatic N) is 3. The minimum atomic E-state index is -0.730. The van der Waals surface area contributed by atoms with Gasteiger partial charge in [-0.25, -0.2) is 4.68 Å². The fourth-order valence-corrected chi connectivity index (χ4v) is 2.99. The van der Waals surface area contributed by atoms with Crippen LogP contribution in [0, 0.1) is 0 Å². The number of hydrogen-bond donors (Lipinski definition) is 1. The molecule has 7 heteroatoms. The molecule has 1 aliphatic carbocycles. The van der Waals surface area contributed by atoms with Crippen LogP contribution >= 0.6 is 0 Å². The average Bonchev–Trinajstić information content (AvgIpc) is 3.22. The maximum absolute atomic E-state index is 12.6. The quantitative estimate of drug-likeness (QED) is 0.856. The van der Waals surface area contributed by atoms with E-state index in [2.05, 4.69) is 5.10 Å². The van der Waals surface area contributed by atoms with E-state index in [-0.39, 0.29) is 11.5 Å². The summed E-state index contributed by atoms with van der Waals surface area (Å²) < 4.78 is 1.23. The summed E-state index contributed by atoms with van der Waals surface area (Å²) in [5.41, 5.74) is 5.90. The first-order valence-corrected chi connectivity index (χ1v) is 7.68. The van der Waals surface area contributed by atoms with Crippen molar-refractivity contribution in [3.05, 3.63) is 28.2 Å². The van der Waals surface area contributed by atoms with E-state index < -0.39 is 18.0 Å². The molecule has 0 bridgehead atoms. The first kappa shape index (κ1) is 14.7. The van der Waals surface area contributed by atoms with Gasteiger partial charge in [0.05, 0.1) is 5.69 Å². The monoisotopic (exact) mass is 304 g/mol. The summed E-state index contributed by atoms with van der Waals surface area (Å²) in [4.78, 5) is 37.6. The second-order valence-corrected chi connectivity index (χ2v) is 6.08. The normalized spacial score (nSPS) is 22.6. The first-order valence-electron chi connectivity index (χ1n) is 7.68. The van der Waals surface area contributed by atoms with E-state index in [9.17, 15) is 14.4 Å². The van der Waals surface area contributed by atoms with Gasteiger partial charge in [0.2, 0.25) is 11.8 Å². The van der Waals surface area contributed by atoms with Crippen molar-refractivity contribution >= 4 is 11.8 Å². The Morgan fingerprint density at radius 3 is 2.68 bits per heavy atom. The molecule has 0 radical (unpaired) electrons. The Kier molecular flexibility index (Phi) is 3.72. The Morgan fingerprint density at radius 1 is 1.32 bits per heavy atom. The number of aromatic nitrogens is 2. The van der Waals surface area contributed by atoms with Crippen molar-refractivity contribution in [2.45, 2.75) is 50.6 Å². The lowest BCUT2D eigenvalue weighted by Gasteiger charge is -2.26. The van der Waals surface area contributed by atoms with Gasteiger partial charge in [0.25, 0.3) is 5.56 Å². The molecule has 3 rings (SSSR count). The third-order valence-corrected chi connectivity index (χ3v) is 4.43. The van der Waals surface area contributed by atoms with E-state index in [4.69, 9.17) is 5.73 Å². The summed E-state index contributed by atoms with van der Waals surface area (Å²) in [5, 5.41) is 4.34. The van der Waals surface area contributed by atoms with Crippen LogP contribution in [0.4, 0.5) is 0 Å². The highest BCUT2D eigenvalue weighted by Gasteiger charge is 2.36. The van der Waals surface area contributed by atoms with E-state index in [1.807, 2.05) is 0 Å². The van der Waals surface area contributed by atoms with Gasteiger partial charge in [-0.1, -0.05) is 0 Å². The number of likely N-dealkylation sites (tertiary alicyclic amines) is 1. The van der Waals surface area contributed by atoms with Crippen LogP contribution in [0.3, 0.4) is 0 Å². The van der Waals surface area contributed by atoms with Crippen LogP contribution in [0.2, 0.25) is 0 Å². The van der Waals surface area contributed by atoms with Crippen molar-refractivity contribution < 1.29 is 9.59 Å². The summed E-state index contributed by atoms with van der Waals surface area (Å²) in [5.74, 6) is -0.367. The second-order valence-electron chi connectivity index (χ2n) is 6.08. The van der Waals surface area contributed by atoms with Crippen molar-refractivity contribution in [1.82, 2.24) is 14.7 Å². The summed E-state index contributed by atoms with van der Waals surface area (Å²) in [7, 11) is 0. The molecule has 118 valence electrons. The Balaban J connectivity index is 1.85. The fourth-order valence-electron chi connectivity index (χ4n) is 2.99. The highest BCUT2D eigenvalue weighted by molar-refractivity contribution is 5.88. The lowest BCUT2D eigenvalue weighted by atomic mass is 10.2. The molecular weight excluding hydrogens is 284 g/mol. The lowest BCUT2D eigenvalue weighted by molar-refractivity contribution is -0.140. The lowest BCUT2D eigenvalue weighted by Crippen LogP contribution is -2.47. The molecule has 2 atom stereocenters. The van der Waals surface area contributed by atoms with E-state index in [1.54, 1.807) is 13.0 Å². The van der Waals surface area contributed by atoms with Crippen LogP contribution in [0.15, 0.2) is 16.9 Å². The molecule has 1 saturated heterocycles. The van der Waals surface area contributed by atoms with Crippen LogP contribution in [0.1, 0.15) is 50.3 Å². The van der Waals surface area contributed by atoms with Crippen molar-refractivity contribution in [2.75, 3.05) is 6.54 Å². The van der Waals surface area contributed by atoms with Gasteiger partial charge >= 0.3 is 0 Å². The maximum Gasteiger partial charge on any atom is 0.267 e. The van der Waals surface area contributed by atoms with Gasteiger partial charge in [-0.3, -0.25) is 14.4 Å². The molecular formula is C15H20N4O3. The molecule has 0 aromatic carbocycles.